The Labute approximate surface area is 157 Å². The fourth-order valence-electron chi connectivity index (χ4n) is 2.13. The van der Waals surface area contributed by atoms with Gasteiger partial charge < -0.3 is 0 Å². The number of aromatic amines is 1. The van der Waals surface area contributed by atoms with E-state index in [-0.39, 0.29) is 10.5 Å². The summed E-state index contributed by atoms with van der Waals surface area (Å²) >= 11 is 17.7. The van der Waals surface area contributed by atoms with Gasteiger partial charge >= 0.3 is 0 Å². The average molecular weight is 395 g/mol. The number of hydrogen-bond donors (Lipinski definition) is 1. The largest absolute Gasteiger partial charge is 0.296 e. The van der Waals surface area contributed by atoms with Crippen molar-refractivity contribution in [1.29, 1.82) is 0 Å². The summed E-state index contributed by atoms with van der Waals surface area (Å²) in [6.07, 6.45) is 1.43. The zero-order valence-electron chi connectivity index (χ0n) is 13.2. The maximum atomic E-state index is 12.1. The first-order chi connectivity index (χ1) is 11.9. The maximum Gasteiger partial charge on any atom is 0.296 e. The molecule has 0 bridgehead atoms. The molecule has 2 heterocycles. The van der Waals surface area contributed by atoms with Crippen LogP contribution in [0.3, 0.4) is 0 Å². The van der Waals surface area contributed by atoms with E-state index in [1.54, 1.807) is 26.0 Å². The van der Waals surface area contributed by atoms with E-state index in [0.29, 0.717) is 27.1 Å². The molecular weight excluding hydrogens is 383 g/mol. The van der Waals surface area contributed by atoms with Crippen molar-refractivity contribution in [3.63, 3.8) is 0 Å². The fraction of sp³-hybridized carbons (Fsp3) is 0.133. The topological polar surface area (TPSA) is 80.9 Å². The van der Waals surface area contributed by atoms with E-state index < -0.39 is 5.56 Å². The quantitative estimate of drug-likeness (QED) is 0.545. The zero-order chi connectivity index (χ0) is 18.1. The lowest BCUT2D eigenvalue weighted by Gasteiger charge is -2.05. The Hall–Kier alpha value is -2.29. The first kappa shape index (κ1) is 17.5. The molecule has 7 nitrogen and oxygen atoms in total. The fourth-order valence-corrected chi connectivity index (χ4v) is 2.84. The van der Waals surface area contributed by atoms with Crippen molar-refractivity contribution < 1.29 is 0 Å². The molecule has 0 fully saturated rings. The number of H-pyrrole nitrogens is 1. The van der Waals surface area contributed by atoms with Crippen LogP contribution in [-0.2, 0) is 0 Å². The normalized spacial score (nSPS) is 11.4. The summed E-state index contributed by atoms with van der Waals surface area (Å²) in [5, 5.41) is 15.7. The molecule has 0 saturated heterocycles. The lowest BCUT2D eigenvalue weighted by Crippen LogP contribution is -2.22. The van der Waals surface area contributed by atoms with E-state index in [9.17, 15) is 4.79 Å². The third-order valence-electron chi connectivity index (χ3n) is 3.44. The Morgan fingerprint density at radius 3 is 2.68 bits per heavy atom. The van der Waals surface area contributed by atoms with Gasteiger partial charge in [0.1, 0.15) is 10.8 Å². The summed E-state index contributed by atoms with van der Waals surface area (Å²) in [7, 11) is 0. The van der Waals surface area contributed by atoms with E-state index in [0.717, 1.165) is 4.68 Å². The van der Waals surface area contributed by atoms with Crippen LogP contribution in [0, 0.1) is 18.6 Å². The molecule has 3 aromatic rings. The molecule has 0 unspecified atom stereocenters. The highest BCUT2D eigenvalue weighted by molar-refractivity contribution is 7.71. The van der Waals surface area contributed by atoms with Crippen LogP contribution in [0.15, 0.2) is 34.2 Å². The number of halogens is 2. The summed E-state index contributed by atoms with van der Waals surface area (Å²) in [4.78, 5) is 12.1. The molecule has 1 N–H and O–H groups in total. The summed E-state index contributed by atoms with van der Waals surface area (Å²) in [5.74, 6) is 0. The van der Waals surface area contributed by atoms with Gasteiger partial charge in [0.25, 0.3) is 5.56 Å². The Morgan fingerprint density at radius 1 is 1.24 bits per heavy atom. The van der Waals surface area contributed by atoms with E-state index in [1.807, 2.05) is 12.1 Å². The number of benzene rings is 1. The molecule has 3 rings (SSSR count). The third-order valence-corrected chi connectivity index (χ3v) is 4.39. The molecule has 0 aliphatic heterocycles. The summed E-state index contributed by atoms with van der Waals surface area (Å²) in [6, 6.07) is 7.20. The van der Waals surface area contributed by atoms with Gasteiger partial charge in [0.2, 0.25) is 4.77 Å². The van der Waals surface area contributed by atoms with E-state index in [1.165, 1.54) is 10.9 Å². The Kier molecular flexibility index (Phi) is 4.85. The van der Waals surface area contributed by atoms with Crippen LogP contribution < -0.4 is 5.56 Å². The molecular formula is C15H12Cl2N6OS. The first-order valence-electron chi connectivity index (χ1n) is 7.13. The number of hydrogen-bond acceptors (Lipinski definition) is 5. The lowest BCUT2D eigenvalue weighted by atomic mass is 10.3. The van der Waals surface area contributed by atoms with Crippen LogP contribution in [0.2, 0.25) is 10.2 Å². The second-order valence-corrected chi connectivity index (χ2v) is 6.28. The first-order valence-corrected chi connectivity index (χ1v) is 8.29. The third kappa shape index (κ3) is 3.28. The number of aromatic nitrogens is 5. The predicted molar refractivity (Wildman–Crippen MR) is 99.7 cm³/mol. The molecule has 0 atom stereocenters. The number of nitrogens with one attached hydrogen (secondary N) is 1. The monoisotopic (exact) mass is 394 g/mol. The minimum atomic E-state index is -0.410. The highest BCUT2D eigenvalue weighted by atomic mass is 35.5. The van der Waals surface area contributed by atoms with E-state index >= 15 is 0 Å². The molecule has 0 spiro atoms. The number of para-hydroxylation sites is 1. The molecule has 0 aliphatic carbocycles. The van der Waals surface area contributed by atoms with Crippen LogP contribution >= 0.6 is 35.4 Å². The molecule has 25 heavy (non-hydrogen) atoms. The maximum absolute atomic E-state index is 12.1. The van der Waals surface area contributed by atoms with Gasteiger partial charge in [0.05, 0.1) is 28.2 Å². The van der Waals surface area contributed by atoms with Crippen LogP contribution in [-0.4, -0.2) is 30.9 Å². The molecule has 0 radical (unpaired) electrons. The number of rotatable bonds is 3. The van der Waals surface area contributed by atoms with Crippen LogP contribution in [0.25, 0.3) is 5.69 Å². The van der Waals surface area contributed by atoms with Gasteiger partial charge in [-0.2, -0.15) is 20.0 Å². The van der Waals surface area contributed by atoms with Gasteiger partial charge in [0.15, 0.2) is 0 Å². The minimum absolute atomic E-state index is 0.0825. The van der Waals surface area contributed by atoms with Gasteiger partial charge in [-0.25, -0.2) is 4.68 Å². The van der Waals surface area contributed by atoms with Crippen LogP contribution in [0.4, 0.5) is 0 Å². The highest BCUT2D eigenvalue weighted by Gasteiger charge is 2.15. The number of nitrogens with zero attached hydrogens (tertiary/aromatic N) is 5. The van der Waals surface area contributed by atoms with Gasteiger partial charge in [-0.3, -0.25) is 9.89 Å². The predicted octanol–water partition coefficient (Wildman–Crippen LogP) is 3.29. The van der Waals surface area contributed by atoms with Crippen molar-refractivity contribution in [2.45, 2.75) is 13.8 Å². The number of aryl methyl sites for hydroxylation is 2. The van der Waals surface area contributed by atoms with Crippen molar-refractivity contribution in [1.82, 2.24) is 24.7 Å². The summed E-state index contributed by atoms with van der Waals surface area (Å²) in [5.41, 5.74) is 1.67. The minimum Gasteiger partial charge on any atom is -0.265 e. The average Bonchev–Trinajstić information content (AvgIpc) is 2.86. The van der Waals surface area contributed by atoms with Crippen molar-refractivity contribution in [3.05, 3.63) is 66.5 Å². The van der Waals surface area contributed by atoms with Crippen molar-refractivity contribution in [2.75, 3.05) is 0 Å². The molecule has 2 aromatic heterocycles. The van der Waals surface area contributed by atoms with Crippen LogP contribution in [0.5, 0.6) is 0 Å². The Morgan fingerprint density at radius 2 is 1.96 bits per heavy atom. The van der Waals surface area contributed by atoms with Gasteiger partial charge in [-0.05, 0) is 38.2 Å². The molecule has 1 aromatic carbocycles. The summed E-state index contributed by atoms with van der Waals surface area (Å²) in [6.45, 7) is 3.34. The smallest absolute Gasteiger partial charge is 0.265 e. The van der Waals surface area contributed by atoms with Crippen LogP contribution in [0.1, 0.15) is 17.0 Å². The van der Waals surface area contributed by atoms with Gasteiger partial charge in [0, 0.05) is 0 Å². The zero-order valence-corrected chi connectivity index (χ0v) is 15.5. The Balaban J connectivity index is 2.09. The second-order valence-electron chi connectivity index (χ2n) is 5.13. The molecule has 0 amide bonds. The Bertz CT molecular complexity index is 1100. The van der Waals surface area contributed by atoms with Crippen molar-refractivity contribution in [2.24, 2.45) is 5.10 Å². The molecule has 0 saturated carbocycles. The highest BCUT2D eigenvalue weighted by Crippen LogP contribution is 2.26. The molecule has 128 valence electrons. The summed E-state index contributed by atoms with van der Waals surface area (Å²) < 4.78 is 2.64. The van der Waals surface area contributed by atoms with Crippen molar-refractivity contribution >= 4 is 41.6 Å². The standard InChI is InChI=1S/C15H12Cl2N6OS/c1-8-10(7-18-23-14(24)9(2)19-20-15(23)25)13(17)22(21-8)12-6-4-3-5-11(12)16/h3-7H,1-2H3,(H,20,25)/b18-7+. The van der Waals surface area contributed by atoms with Gasteiger partial charge in [-0.15, -0.1) is 0 Å². The molecule has 10 heteroatoms. The SMILES string of the molecule is Cc1nn(-c2ccccc2Cl)c(Cl)c1/C=N/n1c(=S)[nH]nc(C)c1=O. The van der Waals surface area contributed by atoms with Gasteiger partial charge in [-0.1, -0.05) is 35.3 Å². The van der Waals surface area contributed by atoms with E-state index in [2.05, 4.69) is 20.4 Å². The second kappa shape index (κ2) is 6.91. The lowest BCUT2D eigenvalue weighted by molar-refractivity contribution is 0.720. The van der Waals surface area contributed by atoms with Crippen molar-refractivity contribution in [3.8, 4) is 5.69 Å². The molecule has 0 aliphatic rings. The van der Waals surface area contributed by atoms with E-state index in [4.69, 9.17) is 35.4 Å².